The minimum absolute atomic E-state index is 0.130. The van der Waals surface area contributed by atoms with E-state index in [0.29, 0.717) is 11.8 Å². The van der Waals surface area contributed by atoms with E-state index in [0.717, 1.165) is 12.1 Å². The smallest absolute Gasteiger partial charge is 0.335 e. The third-order valence-electron chi connectivity index (χ3n) is 2.48. The summed E-state index contributed by atoms with van der Waals surface area (Å²) in [6, 6.07) is 5.73. The number of carbonyl (C=O) groups is 1. The van der Waals surface area contributed by atoms with Gasteiger partial charge in [0.05, 0.1) is 18.4 Å². The first kappa shape index (κ1) is 14.2. The molecule has 0 aliphatic carbocycles. The summed E-state index contributed by atoms with van der Waals surface area (Å²) < 4.78 is 44.5. The highest BCUT2D eigenvalue weighted by molar-refractivity contribution is 7.89. The van der Waals surface area contributed by atoms with E-state index in [1.54, 1.807) is 12.1 Å². The van der Waals surface area contributed by atoms with E-state index in [4.69, 9.17) is 9.52 Å². The summed E-state index contributed by atoms with van der Waals surface area (Å²) in [6.45, 7) is -0.130. The number of halogens is 1. The Kier molecular flexibility index (Phi) is 3.86. The zero-order chi connectivity index (χ0) is 14.8. The highest BCUT2D eigenvalue weighted by Crippen LogP contribution is 2.16. The molecule has 0 saturated carbocycles. The molecule has 1 aromatic carbocycles. The third-order valence-corrected chi connectivity index (χ3v) is 3.92. The fourth-order valence-corrected chi connectivity index (χ4v) is 2.56. The van der Waals surface area contributed by atoms with E-state index < -0.39 is 26.7 Å². The number of aromatic carboxylic acids is 1. The van der Waals surface area contributed by atoms with Crippen LogP contribution >= 0.6 is 0 Å². The normalized spacial score (nSPS) is 11.4. The van der Waals surface area contributed by atoms with Gasteiger partial charge in [-0.25, -0.2) is 22.3 Å². The number of hydrogen-bond acceptors (Lipinski definition) is 4. The largest absolute Gasteiger partial charge is 0.478 e. The van der Waals surface area contributed by atoms with Crippen molar-refractivity contribution in [2.24, 2.45) is 0 Å². The Bertz CT molecular complexity index is 724. The zero-order valence-corrected chi connectivity index (χ0v) is 10.9. The van der Waals surface area contributed by atoms with Crippen LogP contribution in [0.3, 0.4) is 0 Å². The number of nitrogens with one attached hydrogen (secondary N) is 1. The zero-order valence-electron chi connectivity index (χ0n) is 10.0. The van der Waals surface area contributed by atoms with Crippen LogP contribution < -0.4 is 4.72 Å². The number of sulfonamides is 1. The first-order valence-corrected chi connectivity index (χ1v) is 6.93. The Hall–Kier alpha value is -2.19. The first-order chi connectivity index (χ1) is 9.40. The van der Waals surface area contributed by atoms with Crippen molar-refractivity contribution >= 4 is 16.0 Å². The summed E-state index contributed by atoms with van der Waals surface area (Å²) in [5.41, 5.74) is -0.326. The predicted molar refractivity (Wildman–Crippen MR) is 66.1 cm³/mol. The Labute approximate surface area is 113 Å². The van der Waals surface area contributed by atoms with Crippen molar-refractivity contribution in [3.8, 4) is 0 Å². The van der Waals surface area contributed by atoms with Crippen molar-refractivity contribution in [1.82, 2.24) is 4.72 Å². The van der Waals surface area contributed by atoms with Crippen LogP contribution in [0.1, 0.15) is 16.1 Å². The number of carboxylic acid groups (broad SMARTS) is 1. The van der Waals surface area contributed by atoms with Gasteiger partial charge >= 0.3 is 5.97 Å². The van der Waals surface area contributed by atoms with Crippen LogP contribution in [-0.4, -0.2) is 19.5 Å². The molecule has 0 aliphatic rings. The number of benzene rings is 1. The molecule has 0 saturated heterocycles. The maximum atomic E-state index is 13.7. The van der Waals surface area contributed by atoms with Crippen molar-refractivity contribution < 1.29 is 27.1 Å². The molecule has 1 aromatic heterocycles. The number of furan rings is 1. The molecule has 6 nitrogen and oxygen atoms in total. The molecule has 106 valence electrons. The molecule has 0 aliphatic heterocycles. The molecule has 0 spiro atoms. The van der Waals surface area contributed by atoms with Gasteiger partial charge < -0.3 is 9.52 Å². The Morgan fingerprint density at radius 1 is 1.35 bits per heavy atom. The summed E-state index contributed by atoms with van der Waals surface area (Å²) >= 11 is 0. The van der Waals surface area contributed by atoms with Gasteiger partial charge in [-0.2, -0.15) is 0 Å². The Morgan fingerprint density at radius 2 is 2.10 bits per heavy atom. The molecular formula is C12H10FNO5S. The predicted octanol–water partition coefficient (Wildman–Crippen LogP) is 1.60. The van der Waals surface area contributed by atoms with Crippen molar-refractivity contribution in [2.45, 2.75) is 11.4 Å². The molecule has 20 heavy (non-hydrogen) atoms. The van der Waals surface area contributed by atoms with Crippen LogP contribution in [-0.2, 0) is 16.6 Å². The average molecular weight is 299 g/mol. The fraction of sp³-hybridized carbons (Fsp3) is 0.0833. The van der Waals surface area contributed by atoms with Gasteiger partial charge in [0.25, 0.3) is 0 Å². The van der Waals surface area contributed by atoms with E-state index in [2.05, 4.69) is 4.72 Å². The lowest BCUT2D eigenvalue weighted by Crippen LogP contribution is -2.24. The highest BCUT2D eigenvalue weighted by atomic mass is 32.2. The molecule has 0 bridgehead atoms. The van der Waals surface area contributed by atoms with Gasteiger partial charge in [0.15, 0.2) is 0 Å². The average Bonchev–Trinajstić information content (AvgIpc) is 2.89. The van der Waals surface area contributed by atoms with Crippen molar-refractivity contribution in [3.63, 3.8) is 0 Å². The lowest BCUT2D eigenvalue weighted by Gasteiger charge is -2.07. The fourth-order valence-electron chi connectivity index (χ4n) is 1.51. The molecular weight excluding hydrogens is 289 g/mol. The molecule has 0 atom stereocenters. The lowest BCUT2D eigenvalue weighted by molar-refractivity contribution is 0.0696. The van der Waals surface area contributed by atoms with Crippen molar-refractivity contribution in [2.75, 3.05) is 0 Å². The maximum absolute atomic E-state index is 13.7. The number of hydrogen-bond donors (Lipinski definition) is 2. The molecule has 0 radical (unpaired) electrons. The van der Waals surface area contributed by atoms with Gasteiger partial charge in [0.1, 0.15) is 16.5 Å². The van der Waals surface area contributed by atoms with Crippen LogP contribution in [0.25, 0.3) is 0 Å². The molecule has 1 heterocycles. The van der Waals surface area contributed by atoms with Gasteiger partial charge in [0, 0.05) is 0 Å². The van der Waals surface area contributed by atoms with Crippen molar-refractivity contribution in [1.29, 1.82) is 0 Å². The van der Waals surface area contributed by atoms with Gasteiger partial charge in [-0.1, -0.05) is 0 Å². The summed E-state index contributed by atoms with van der Waals surface area (Å²) in [6.07, 6.45) is 1.38. The quantitative estimate of drug-likeness (QED) is 0.874. The van der Waals surface area contributed by atoms with E-state index in [-0.39, 0.29) is 12.1 Å². The van der Waals surface area contributed by atoms with Gasteiger partial charge in [-0.15, -0.1) is 0 Å². The van der Waals surface area contributed by atoms with E-state index in [1.807, 2.05) is 0 Å². The molecule has 8 heteroatoms. The molecule has 2 N–H and O–H groups in total. The summed E-state index contributed by atoms with van der Waals surface area (Å²) in [5, 5.41) is 8.69. The van der Waals surface area contributed by atoms with E-state index in [9.17, 15) is 17.6 Å². The van der Waals surface area contributed by atoms with Crippen LogP contribution in [0.2, 0.25) is 0 Å². The van der Waals surface area contributed by atoms with Gasteiger partial charge in [-0.3, -0.25) is 0 Å². The summed E-state index contributed by atoms with van der Waals surface area (Å²) in [5.74, 6) is -2.09. The maximum Gasteiger partial charge on any atom is 0.335 e. The lowest BCUT2D eigenvalue weighted by atomic mass is 10.2. The number of rotatable bonds is 5. The second-order valence-electron chi connectivity index (χ2n) is 3.85. The van der Waals surface area contributed by atoms with E-state index in [1.165, 1.54) is 6.26 Å². The first-order valence-electron chi connectivity index (χ1n) is 5.45. The monoisotopic (exact) mass is 299 g/mol. The molecule has 2 aromatic rings. The Balaban J connectivity index is 2.23. The Morgan fingerprint density at radius 3 is 2.65 bits per heavy atom. The van der Waals surface area contributed by atoms with E-state index >= 15 is 0 Å². The SMILES string of the molecule is O=C(O)c1ccc(S(=O)(=O)NCc2ccco2)c(F)c1. The third kappa shape index (κ3) is 3.03. The highest BCUT2D eigenvalue weighted by Gasteiger charge is 2.20. The number of carboxylic acids is 1. The second-order valence-corrected chi connectivity index (χ2v) is 5.59. The molecule has 0 unspecified atom stereocenters. The van der Waals surface area contributed by atoms with Gasteiger partial charge in [0.2, 0.25) is 10.0 Å². The minimum atomic E-state index is -4.09. The van der Waals surface area contributed by atoms with Gasteiger partial charge in [-0.05, 0) is 30.3 Å². The second kappa shape index (κ2) is 5.43. The summed E-state index contributed by atoms with van der Waals surface area (Å²) in [4.78, 5) is 10.0. The van der Waals surface area contributed by atoms with Crippen LogP contribution in [0, 0.1) is 5.82 Å². The van der Waals surface area contributed by atoms with Crippen LogP contribution in [0.4, 0.5) is 4.39 Å². The topological polar surface area (TPSA) is 96.6 Å². The summed E-state index contributed by atoms with van der Waals surface area (Å²) in [7, 11) is -4.09. The standard InChI is InChI=1S/C12H10FNO5S/c13-10-6-8(12(15)16)3-4-11(10)20(17,18)14-7-9-2-1-5-19-9/h1-6,14H,7H2,(H,15,16). The molecule has 0 amide bonds. The molecule has 2 rings (SSSR count). The van der Waals surface area contributed by atoms with Crippen LogP contribution in [0.5, 0.6) is 0 Å². The van der Waals surface area contributed by atoms with Crippen molar-refractivity contribution in [3.05, 3.63) is 53.7 Å². The minimum Gasteiger partial charge on any atom is -0.478 e. The molecule has 0 fully saturated rings. The van der Waals surface area contributed by atoms with Crippen LogP contribution in [0.15, 0.2) is 45.9 Å².